The first-order chi connectivity index (χ1) is 21.4. The first-order valence-corrected chi connectivity index (χ1v) is 17.5. The number of rotatable bonds is 11. The molecule has 0 aromatic heterocycles. The van der Waals surface area contributed by atoms with Crippen LogP contribution in [0.1, 0.15) is 52.5 Å². The lowest BCUT2D eigenvalue weighted by Gasteiger charge is -2.31. The topological polar surface area (TPSA) is 85.4 Å². The van der Waals surface area contributed by atoms with E-state index in [-0.39, 0.29) is 29.0 Å². The van der Waals surface area contributed by atoms with Gasteiger partial charge in [-0.05, 0) is 81.5 Å². The van der Waals surface area contributed by atoms with Gasteiger partial charge in [0.25, 0.3) is 0 Å². The van der Waals surface area contributed by atoms with Gasteiger partial charge in [-0.2, -0.15) is 4.31 Å². The standard InChI is InChI=1S/C34H41FN2O6S2/c1-7-8-9-27-23-36(26-14-12-25(35)13-15-26)29-20-31(44-6)30(42-19-18-33(38)43-34(2,3)4)21-32(29)45(39,40)37(27)22-24-10-16-28(41-5)17-11-24/h10-21,27H,7-9,22-23H2,1-6H3/b19-18+. The van der Waals surface area contributed by atoms with Crippen LogP contribution in [0.4, 0.5) is 15.8 Å². The summed E-state index contributed by atoms with van der Waals surface area (Å²) < 4.78 is 61.5. The Kier molecular flexibility index (Phi) is 11.2. The second kappa shape index (κ2) is 14.7. The zero-order chi connectivity index (χ0) is 32.8. The third-order valence-corrected chi connectivity index (χ3v) is 9.94. The van der Waals surface area contributed by atoms with E-state index < -0.39 is 21.6 Å². The molecule has 1 aliphatic heterocycles. The summed E-state index contributed by atoms with van der Waals surface area (Å²) in [4.78, 5) is 14.9. The molecule has 8 nitrogen and oxygen atoms in total. The zero-order valence-electron chi connectivity index (χ0n) is 26.6. The molecule has 1 unspecified atom stereocenters. The Labute approximate surface area is 270 Å². The average Bonchev–Trinajstić information content (AvgIpc) is 3.07. The smallest absolute Gasteiger partial charge is 0.334 e. The molecule has 3 aromatic rings. The normalized spacial score (nSPS) is 16.7. The molecule has 11 heteroatoms. The monoisotopic (exact) mass is 656 g/mol. The third kappa shape index (κ3) is 8.59. The van der Waals surface area contributed by atoms with Crippen LogP contribution in [-0.2, 0) is 26.1 Å². The molecule has 0 amide bonds. The van der Waals surface area contributed by atoms with Crippen molar-refractivity contribution in [3.05, 3.63) is 84.4 Å². The molecule has 0 spiro atoms. The summed E-state index contributed by atoms with van der Waals surface area (Å²) in [6.07, 6.45) is 6.59. The molecule has 1 heterocycles. The number of anilines is 2. The van der Waals surface area contributed by atoms with E-state index in [0.29, 0.717) is 35.0 Å². The van der Waals surface area contributed by atoms with Gasteiger partial charge in [-0.15, -0.1) is 11.8 Å². The highest BCUT2D eigenvalue weighted by Gasteiger charge is 2.40. The van der Waals surface area contributed by atoms with E-state index in [1.165, 1.54) is 36.2 Å². The zero-order valence-corrected chi connectivity index (χ0v) is 28.2. The Morgan fingerprint density at radius 1 is 1.09 bits per heavy atom. The predicted molar refractivity (Wildman–Crippen MR) is 176 cm³/mol. The van der Waals surface area contributed by atoms with E-state index in [1.54, 1.807) is 50.4 Å². The van der Waals surface area contributed by atoms with Gasteiger partial charge < -0.3 is 19.1 Å². The number of methoxy groups -OCH3 is 1. The molecule has 45 heavy (non-hydrogen) atoms. The molecule has 0 radical (unpaired) electrons. The third-order valence-electron chi connectivity index (χ3n) is 7.26. The van der Waals surface area contributed by atoms with Crippen LogP contribution in [0.3, 0.4) is 0 Å². The van der Waals surface area contributed by atoms with Crippen LogP contribution in [0.5, 0.6) is 11.5 Å². The van der Waals surface area contributed by atoms with Crippen LogP contribution >= 0.6 is 11.8 Å². The number of sulfonamides is 1. The number of ether oxygens (including phenoxy) is 3. The number of carbonyl (C=O) groups excluding carboxylic acids is 1. The van der Waals surface area contributed by atoms with Crippen molar-refractivity contribution in [2.24, 2.45) is 0 Å². The molecular formula is C34H41FN2O6S2. The van der Waals surface area contributed by atoms with Crippen molar-refractivity contribution in [3.8, 4) is 11.5 Å². The maximum atomic E-state index is 14.7. The number of hydrogen-bond donors (Lipinski definition) is 0. The van der Waals surface area contributed by atoms with Crippen LogP contribution < -0.4 is 14.4 Å². The summed E-state index contributed by atoms with van der Waals surface area (Å²) >= 11 is 1.38. The maximum absolute atomic E-state index is 14.7. The summed E-state index contributed by atoms with van der Waals surface area (Å²) in [7, 11) is -2.51. The Balaban J connectivity index is 1.86. The fourth-order valence-electron chi connectivity index (χ4n) is 5.09. The molecule has 0 saturated heterocycles. The number of unbranched alkanes of at least 4 members (excludes halogenated alkanes) is 1. The predicted octanol–water partition coefficient (Wildman–Crippen LogP) is 7.69. The van der Waals surface area contributed by atoms with Gasteiger partial charge in [0, 0.05) is 30.9 Å². The van der Waals surface area contributed by atoms with Crippen molar-refractivity contribution in [1.82, 2.24) is 4.31 Å². The molecule has 0 N–H and O–H groups in total. The average molecular weight is 657 g/mol. The van der Waals surface area contributed by atoms with E-state index in [4.69, 9.17) is 14.2 Å². The summed E-state index contributed by atoms with van der Waals surface area (Å²) in [5.74, 6) is -0.00309. The minimum absolute atomic E-state index is 0.0535. The number of halogens is 1. The Hall–Kier alpha value is -3.54. The molecule has 0 aliphatic carbocycles. The maximum Gasteiger partial charge on any atom is 0.334 e. The van der Waals surface area contributed by atoms with Crippen molar-refractivity contribution in [3.63, 3.8) is 0 Å². The van der Waals surface area contributed by atoms with Gasteiger partial charge in [0.05, 0.1) is 30.0 Å². The highest BCUT2D eigenvalue weighted by atomic mass is 32.2. The molecule has 3 aromatic carbocycles. The lowest BCUT2D eigenvalue weighted by Crippen LogP contribution is -2.43. The fraction of sp³-hybridized carbons (Fsp3) is 0.382. The van der Waals surface area contributed by atoms with E-state index in [1.807, 2.05) is 35.4 Å². The molecular weight excluding hydrogens is 616 g/mol. The first kappa shape index (κ1) is 34.3. The van der Waals surface area contributed by atoms with E-state index in [9.17, 15) is 17.6 Å². The Bertz CT molecular complexity index is 1600. The summed E-state index contributed by atoms with van der Waals surface area (Å²) in [6.45, 7) is 7.88. The van der Waals surface area contributed by atoms with Crippen LogP contribution in [0.25, 0.3) is 0 Å². The molecule has 0 fully saturated rings. The first-order valence-electron chi connectivity index (χ1n) is 14.8. The second-order valence-electron chi connectivity index (χ2n) is 11.7. The number of fused-ring (bicyclic) bond motifs is 1. The highest BCUT2D eigenvalue weighted by molar-refractivity contribution is 7.98. The van der Waals surface area contributed by atoms with Crippen molar-refractivity contribution >= 4 is 39.1 Å². The number of benzene rings is 3. The summed E-state index contributed by atoms with van der Waals surface area (Å²) in [5, 5.41) is 0. The van der Waals surface area contributed by atoms with Gasteiger partial charge in [0.2, 0.25) is 10.0 Å². The van der Waals surface area contributed by atoms with Gasteiger partial charge in [0.1, 0.15) is 27.8 Å². The number of carbonyl (C=O) groups is 1. The Morgan fingerprint density at radius 3 is 2.38 bits per heavy atom. The summed E-state index contributed by atoms with van der Waals surface area (Å²) in [5.41, 5.74) is 1.28. The Morgan fingerprint density at radius 2 is 1.78 bits per heavy atom. The van der Waals surface area contributed by atoms with Gasteiger partial charge in [-0.25, -0.2) is 17.6 Å². The van der Waals surface area contributed by atoms with Gasteiger partial charge in [0.15, 0.2) is 0 Å². The lowest BCUT2D eigenvalue weighted by molar-refractivity contribution is -0.148. The highest BCUT2D eigenvalue weighted by Crippen LogP contribution is 2.44. The SMILES string of the molecule is CCCCC1CN(c2ccc(F)cc2)c2cc(SC)c(O/C=C/C(=O)OC(C)(C)C)cc2S(=O)(=O)N1Cc1ccc(OC)cc1. The minimum atomic E-state index is -4.09. The number of thioether (sulfide) groups is 1. The van der Waals surface area contributed by atoms with Gasteiger partial charge >= 0.3 is 5.97 Å². The van der Waals surface area contributed by atoms with Crippen LogP contribution in [0.15, 0.2) is 82.8 Å². The van der Waals surface area contributed by atoms with E-state index >= 15 is 0 Å². The molecule has 4 rings (SSSR count). The van der Waals surface area contributed by atoms with Gasteiger partial charge in [-0.3, -0.25) is 0 Å². The van der Waals surface area contributed by atoms with Crippen molar-refractivity contribution in [2.75, 3.05) is 24.8 Å². The van der Waals surface area contributed by atoms with Crippen LogP contribution in [-0.4, -0.2) is 50.2 Å². The molecule has 1 atom stereocenters. The van der Waals surface area contributed by atoms with E-state index in [0.717, 1.165) is 24.5 Å². The molecule has 0 bridgehead atoms. The van der Waals surface area contributed by atoms with E-state index in [2.05, 4.69) is 6.92 Å². The summed E-state index contributed by atoms with van der Waals surface area (Å²) in [6, 6.07) is 16.3. The quantitative estimate of drug-likeness (QED) is 0.0899. The lowest BCUT2D eigenvalue weighted by atomic mass is 10.1. The van der Waals surface area contributed by atoms with Crippen molar-refractivity contribution in [2.45, 2.75) is 74.9 Å². The van der Waals surface area contributed by atoms with Crippen LogP contribution in [0.2, 0.25) is 0 Å². The second-order valence-corrected chi connectivity index (χ2v) is 14.4. The number of nitrogens with zero attached hydrogens (tertiary/aromatic N) is 2. The largest absolute Gasteiger partial charge is 0.497 e. The molecule has 242 valence electrons. The number of esters is 1. The van der Waals surface area contributed by atoms with Crippen molar-refractivity contribution < 1.29 is 31.8 Å². The molecule has 0 saturated carbocycles. The van der Waals surface area contributed by atoms with Crippen molar-refractivity contribution in [1.29, 1.82) is 0 Å². The molecule has 1 aliphatic rings. The van der Waals surface area contributed by atoms with Gasteiger partial charge in [-0.1, -0.05) is 31.9 Å². The fourth-order valence-corrected chi connectivity index (χ4v) is 7.45. The van der Waals surface area contributed by atoms with Crippen LogP contribution in [0, 0.1) is 5.82 Å². The number of hydrogen-bond acceptors (Lipinski definition) is 8. The minimum Gasteiger partial charge on any atom is -0.497 e.